The largest absolute Gasteiger partial charge is 0.477 e. The first kappa shape index (κ1) is 18.3. The molecule has 2 heterocycles. The van der Waals surface area contributed by atoms with Gasteiger partial charge in [-0.15, -0.1) is 0 Å². The summed E-state index contributed by atoms with van der Waals surface area (Å²) >= 11 is 0. The zero-order chi connectivity index (χ0) is 19.2. The zero-order valence-corrected chi connectivity index (χ0v) is 14.8. The molecule has 0 aliphatic carbocycles. The van der Waals surface area contributed by atoms with Gasteiger partial charge in [-0.25, -0.2) is 13.6 Å². The van der Waals surface area contributed by atoms with Crippen molar-refractivity contribution in [1.82, 2.24) is 9.88 Å². The lowest BCUT2D eigenvalue weighted by Crippen LogP contribution is -2.49. The van der Waals surface area contributed by atoms with Crippen molar-refractivity contribution in [3.63, 3.8) is 0 Å². The standard InChI is InChI=1S/C18H21F2N3O3/c1-9(2)23-8-12(18(25)26)17(24)11-6-13(19)16(14(20)15(11)23)22-5-4-21-10(3)7-22/h6,8-10,21H,4-5,7H2,1-3H3,(H,25,26). The maximum absolute atomic E-state index is 15.4. The number of hydrogen-bond acceptors (Lipinski definition) is 4. The maximum Gasteiger partial charge on any atom is 0.341 e. The number of benzene rings is 1. The lowest BCUT2D eigenvalue weighted by Gasteiger charge is -2.34. The Hall–Kier alpha value is -2.48. The molecular formula is C18H21F2N3O3. The number of carboxylic acid groups (broad SMARTS) is 1. The number of nitrogens with one attached hydrogen (secondary N) is 1. The summed E-state index contributed by atoms with van der Waals surface area (Å²) in [6.07, 6.45) is 1.13. The number of piperazine rings is 1. The molecule has 1 aromatic carbocycles. The van der Waals surface area contributed by atoms with Gasteiger partial charge in [-0.05, 0) is 26.8 Å². The van der Waals surface area contributed by atoms with Crippen LogP contribution < -0.4 is 15.6 Å². The van der Waals surface area contributed by atoms with Crippen LogP contribution in [0.1, 0.15) is 37.2 Å². The molecule has 1 fully saturated rings. The molecule has 0 bridgehead atoms. The van der Waals surface area contributed by atoms with Crippen LogP contribution in [0.5, 0.6) is 0 Å². The van der Waals surface area contributed by atoms with Crippen LogP contribution in [0.25, 0.3) is 10.9 Å². The van der Waals surface area contributed by atoms with Crippen LogP contribution in [-0.2, 0) is 0 Å². The van der Waals surface area contributed by atoms with Crippen molar-refractivity contribution < 1.29 is 18.7 Å². The molecule has 26 heavy (non-hydrogen) atoms. The molecule has 0 radical (unpaired) electrons. The molecule has 8 heteroatoms. The number of carbonyl (C=O) groups is 1. The Morgan fingerprint density at radius 1 is 1.38 bits per heavy atom. The van der Waals surface area contributed by atoms with Gasteiger partial charge >= 0.3 is 5.97 Å². The molecule has 1 aliphatic rings. The molecule has 6 nitrogen and oxygen atoms in total. The second kappa shape index (κ2) is 6.68. The highest BCUT2D eigenvalue weighted by Crippen LogP contribution is 2.31. The van der Waals surface area contributed by atoms with Gasteiger partial charge in [0.15, 0.2) is 5.82 Å². The number of fused-ring (bicyclic) bond motifs is 1. The van der Waals surface area contributed by atoms with E-state index in [2.05, 4.69) is 5.32 Å². The third-order valence-corrected chi connectivity index (χ3v) is 4.66. The van der Waals surface area contributed by atoms with E-state index in [1.54, 1.807) is 18.7 Å². The van der Waals surface area contributed by atoms with Gasteiger partial charge in [-0.1, -0.05) is 0 Å². The Balaban J connectivity index is 2.35. The molecule has 140 valence electrons. The normalized spacial score (nSPS) is 17.9. The minimum absolute atomic E-state index is 0.0694. The number of aromatic carboxylic acids is 1. The fourth-order valence-electron chi connectivity index (χ4n) is 3.42. The number of halogens is 2. The second-order valence-electron chi connectivity index (χ2n) is 6.90. The van der Waals surface area contributed by atoms with Gasteiger partial charge in [0.1, 0.15) is 17.1 Å². The van der Waals surface area contributed by atoms with Crippen LogP contribution in [0.3, 0.4) is 0 Å². The maximum atomic E-state index is 15.4. The van der Waals surface area contributed by atoms with E-state index < -0.39 is 28.6 Å². The van der Waals surface area contributed by atoms with Crippen molar-refractivity contribution in [3.8, 4) is 0 Å². The van der Waals surface area contributed by atoms with Gasteiger partial charge < -0.3 is 19.9 Å². The lowest BCUT2D eigenvalue weighted by atomic mass is 10.1. The van der Waals surface area contributed by atoms with Crippen LogP contribution in [-0.4, -0.2) is 41.3 Å². The molecule has 1 atom stereocenters. The third kappa shape index (κ3) is 2.94. The Bertz CT molecular complexity index is 940. The summed E-state index contributed by atoms with van der Waals surface area (Å²) in [7, 11) is 0. The van der Waals surface area contributed by atoms with Gasteiger partial charge in [0.2, 0.25) is 5.43 Å². The van der Waals surface area contributed by atoms with Gasteiger partial charge in [0, 0.05) is 37.9 Å². The summed E-state index contributed by atoms with van der Waals surface area (Å²) in [5.74, 6) is -3.12. The van der Waals surface area contributed by atoms with Crippen molar-refractivity contribution in [1.29, 1.82) is 0 Å². The van der Waals surface area contributed by atoms with E-state index in [1.807, 2.05) is 6.92 Å². The van der Waals surface area contributed by atoms with E-state index in [4.69, 9.17) is 0 Å². The van der Waals surface area contributed by atoms with Crippen LogP contribution in [0.15, 0.2) is 17.1 Å². The van der Waals surface area contributed by atoms with E-state index in [0.29, 0.717) is 19.6 Å². The fraction of sp³-hybridized carbons (Fsp3) is 0.444. The number of hydrogen-bond donors (Lipinski definition) is 2. The highest BCUT2D eigenvalue weighted by molar-refractivity contribution is 5.94. The highest BCUT2D eigenvalue weighted by Gasteiger charge is 2.27. The molecule has 0 saturated carbocycles. The molecule has 0 amide bonds. The van der Waals surface area contributed by atoms with Crippen LogP contribution >= 0.6 is 0 Å². The quantitative estimate of drug-likeness (QED) is 0.874. The number of pyridine rings is 1. The third-order valence-electron chi connectivity index (χ3n) is 4.66. The molecule has 1 unspecified atom stereocenters. The molecule has 2 N–H and O–H groups in total. The van der Waals surface area contributed by atoms with E-state index in [9.17, 15) is 19.1 Å². The van der Waals surface area contributed by atoms with Crippen LogP contribution in [0.4, 0.5) is 14.5 Å². The molecule has 1 saturated heterocycles. The number of aromatic nitrogens is 1. The summed E-state index contributed by atoms with van der Waals surface area (Å²) in [5.41, 5.74) is -1.64. The Kier molecular flexibility index (Phi) is 4.70. The number of rotatable bonds is 3. The summed E-state index contributed by atoms with van der Waals surface area (Å²) in [6.45, 7) is 6.86. The van der Waals surface area contributed by atoms with Crippen molar-refractivity contribution >= 4 is 22.6 Å². The first-order valence-corrected chi connectivity index (χ1v) is 8.50. The minimum Gasteiger partial charge on any atom is -0.477 e. The van der Waals surface area contributed by atoms with E-state index >= 15 is 4.39 Å². The average molecular weight is 365 g/mol. The summed E-state index contributed by atoms with van der Waals surface area (Å²) in [4.78, 5) is 25.4. The van der Waals surface area contributed by atoms with Crippen molar-refractivity contribution in [3.05, 3.63) is 39.7 Å². The average Bonchev–Trinajstić information content (AvgIpc) is 2.55. The molecule has 0 spiro atoms. The lowest BCUT2D eigenvalue weighted by molar-refractivity contribution is 0.0694. The molecule has 1 aromatic heterocycles. The predicted octanol–water partition coefficient (Wildman–Crippen LogP) is 2.36. The monoisotopic (exact) mass is 365 g/mol. The smallest absolute Gasteiger partial charge is 0.341 e. The highest BCUT2D eigenvalue weighted by atomic mass is 19.1. The molecule has 1 aliphatic heterocycles. The van der Waals surface area contributed by atoms with E-state index in [-0.39, 0.29) is 28.7 Å². The first-order valence-electron chi connectivity index (χ1n) is 8.50. The number of nitrogens with zero attached hydrogens (tertiary/aromatic N) is 2. The predicted molar refractivity (Wildman–Crippen MR) is 95.1 cm³/mol. The molecular weight excluding hydrogens is 344 g/mol. The van der Waals surface area contributed by atoms with Crippen LogP contribution in [0.2, 0.25) is 0 Å². The zero-order valence-electron chi connectivity index (χ0n) is 14.8. The number of anilines is 1. The molecule has 2 aromatic rings. The van der Waals surface area contributed by atoms with Gasteiger partial charge in [0.05, 0.1) is 10.9 Å². The van der Waals surface area contributed by atoms with Gasteiger partial charge in [-0.2, -0.15) is 0 Å². The summed E-state index contributed by atoms with van der Waals surface area (Å²) < 4.78 is 31.5. The fourth-order valence-corrected chi connectivity index (χ4v) is 3.42. The van der Waals surface area contributed by atoms with Crippen LogP contribution in [0, 0.1) is 11.6 Å². The Morgan fingerprint density at radius 3 is 2.65 bits per heavy atom. The molecule has 3 rings (SSSR count). The van der Waals surface area contributed by atoms with Gasteiger partial charge in [0.25, 0.3) is 0 Å². The summed E-state index contributed by atoms with van der Waals surface area (Å²) in [6, 6.07) is 0.708. The SMILES string of the molecule is CC1CN(c2c(F)cc3c(=O)c(C(=O)O)cn(C(C)C)c3c2F)CCN1. The number of carboxylic acids is 1. The Labute approximate surface area is 149 Å². The second-order valence-corrected chi connectivity index (χ2v) is 6.90. The minimum atomic E-state index is -1.42. The first-order chi connectivity index (χ1) is 12.2. The van der Waals surface area contributed by atoms with Crippen molar-refractivity contribution in [2.45, 2.75) is 32.9 Å². The van der Waals surface area contributed by atoms with E-state index in [1.165, 1.54) is 4.57 Å². The van der Waals surface area contributed by atoms with Gasteiger partial charge in [-0.3, -0.25) is 4.79 Å². The topological polar surface area (TPSA) is 74.6 Å². The van der Waals surface area contributed by atoms with E-state index in [0.717, 1.165) is 12.3 Å². The summed E-state index contributed by atoms with van der Waals surface area (Å²) in [5, 5.41) is 12.2. The van der Waals surface area contributed by atoms with Crippen molar-refractivity contribution in [2.75, 3.05) is 24.5 Å². The Morgan fingerprint density at radius 2 is 2.08 bits per heavy atom. The van der Waals surface area contributed by atoms with Crippen molar-refractivity contribution in [2.24, 2.45) is 0 Å².